The van der Waals surface area contributed by atoms with Gasteiger partial charge in [0, 0.05) is 16.4 Å². The predicted octanol–water partition coefficient (Wildman–Crippen LogP) is 3.24. The van der Waals surface area contributed by atoms with Crippen LogP contribution >= 0.6 is 11.6 Å². The van der Waals surface area contributed by atoms with E-state index in [1.165, 1.54) is 0 Å². The molecule has 4 nitrogen and oxygen atoms in total. The van der Waals surface area contributed by atoms with E-state index in [0.29, 0.717) is 16.3 Å². The SMILES string of the molecule is Cc1cc(Cl)ccc1NC(=O)c1c(C)n[nH]c1C. The van der Waals surface area contributed by atoms with Gasteiger partial charge in [-0.3, -0.25) is 9.89 Å². The van der Waals surface area contributed by atoms with Crippen LogP contribution in [0.4, 0.5) is 5.69 Å². The summed E-state index contributed by atoms with van der Waals surface area (Å²) in [6.45, 7) is 5.52. The first-order valence-corrected chi connectivity index (χ1v) is 5.96. The quantitative estimate of drug-likeness (QED) is 0.874. The number of nitrogens with zero attached hydrogens (tertiary/aromatic N) is 1. The largest absolute Gasteiger partial charge is 0.322 e. The predicted molar refractivity (Wildman–Crippen MR) is 72.2 cm³/mol. The number of hydrogen-bond acceptors (Lipinski definition) is 2. The van der Waals surface area contributed by atoms with Gasteiger partial charge in [-0.25, -0.2) is 0 Å². The maximum absolute atomic E-state index is 12.1. The molecule has 18 heavy (non-hydrogen) atoms. The van der Waals surface area contributed by atoms with Crippen LogP contribution in [0.15, 0.2) is 18.2 Å². The van der Waals surface area contributed by atoms with Crippen LogP contribution in [-0.2, 0) is 0 Å². The van der Waals surface area contributed by atoms with Crippen molar-refractivity contribution in [3.63, 3.8) is 0 Å². The molecule has 2 rings (SSSR count). The lowest BCUT2D eigenvalue weighted by molar-refractivity contribution is 0.102. The number of H-pyrrole nitrogens is 1. The molecular weight excluding hydrogens is 250 g/mol. The Bertz CT molecular complexity index is 585. The average molecular weight is 264 g/mol. The molecule has 5 heteroatoms. The molecule has 1 heterocycles. The minimum atomic E-state index is -0.163. The zero-order chi connectivity index (χ0) is 13.3. The number of aryl methyl sites for hydroxylation is 3. The molecule has 0 fully saturated rings. The van der Waals surface area contributed by atoms with Crippen LogP contribution in [0.2, 0.25) is 5.02 Å². The fourth-order valence-corrected chi connectivity index (χ4v) is 2.06. The lowest BCUT2D eigenvalue weighted by Gasteiger charge is -2.08. The van der Waals surface area contributed by atoms with Crippen molar-refractivity contribution in [3.05, 3.63) is 45.7 Å². The van der Waals surface area contributed by atoms with Gasteiger partial charge in [0.15, 0.2) is 0 Å². The van der Waals surface area contributed by atoms with Crippen molar-refractivity contribution in [1.82, 2.24) is 10.2 Å². The molecule has 0 radical (unpaired) electrons. The monoisotopic (exact) mass is 263 g/mol. The number of carbonyl (C=O) groups is 1. The first kappa shape index (κ1) is 12.6. The first-order valence-electron chi connectivity index (χ1n) is 5.58. The number of amides is 1. The molecule has 0 saturated heterocycles. The van der Waals surface area contributed by atoms with Crippen molar-refractivity contribution in [2.75, 3.05) is 5.32 Å². The van der Waals surface area contributed by atoms with Crippen molar-refractivity contribution in [2.45, 2.75) is 20.8 Å². The molecule has 94 valence electrons. The highest BCUT2D eigenvalue weighted by atomic mass is 35.5. The maximum atomic E-state index is 12.1. The lowest BCUT2D eigenvalue weighted by atomic mass is 10.1. The van der Waals surface area contributed by atoms with Gasteiger partial charge in [-0.05, 0) is 44.5 Å². The van der Waals surface area contributed by atoms with Crippen LogP contribution in [0.5, 0.6) is 0 Å². The van der Waals surface area contributed by atoms with Gasteiger partial charge in [0.25, 0.3) is 5.91 Å². The summed E-state index contributed by atoms with van der Waals surface area (Å²) < 4.78 is 0. The fourth-order valence-electron chi connectivity index (χ4n) is 1.84. The topological polar surface area (TPSA) is 57.8 Å². The van der Waals surface area contributed by atoms with Crippen LogP contribution in [0.25, 0.3) is 0 Å². The van der Waals surface area contributed by atoms with Gasteiger partial charge < -0.3 is 5.32 Å². The van der Waals surface area contributed by atoms with E-state index < -0.39 is 0 Å². The smallest absolute Gasteiger partial charge is 0.259 e. The highest BCUT2D eigenvalue weighted by Gasteiger charge is 2.15. The van der Waals surface area contributed by atoms with Gasteiger partial charge in [0.05, 0.1) is 11.3 Å². The molecule has 1 amide bonds. The molecule has 0 aliphatic carbocycles. The normalized spacial score (nSPS) is 10.4. The molecule has 1 aromatic heterocycles. The number of halogens is 1. The Labute approximate surface area is 110 Å². The van der Waals surface area contributed by atoms with Crippen molar-refractivity contribution >= 4 is 23.2 Å². The molecule has 0 unspecified atom stereocenters. The zero-order valence-corrected chi connectivity index (χ0v) is 11.2. The summed E-state index contributed by atoms with van der Waals surface area (Å²) >= 11 is 5.88. The second kappa shape index (κ2) is 4.82. The number of benzene rings is 1. The Morgan fingerprint density at radius 3 is 2.61 bits per heavy atom. The van der Waals surface area contributed by atoms with E-state index in [-0.39, 0.29) is 5.91 Å². The highest BCUT2D eigenvalue weighted by Crippen LogP contribution is 2.21. The van der Waals surface area contributed by atoms with Crippen LogP contribution < -0.4 is 5.32 Å². The molecule has 2 aromatic rings. The van der Waals surface area contributed by atoms with Crippen LogP contribution in [-0.4, -0.2) is 16.1 Å². The summed E-state index contributed by atoms with van der Waals surface area (Å²) in [4.78, 5) is 12.1. The summed E-state index contributed by atoms with van der Waals surface area (Å²) in [5.74, 6) is -0.163. The number of aromatic amines is 1. The summed E-state index contributed by atoms with van der Waals surface area (Å²) in [6, 6.07) is 5.35. The summed E-state index contributed by atoms with van der Waals surface area (Å²) in [5, 5.41) is 10.3. The number of carbonyl (C=O) groups excluding carboxylic acids is 1. The second-order valence-corrected chi connectivity index (χ2v) is 4.66. The minimum absolute atomic E-state index is 0.163. The minimum Gasteiger partial charge on any atom is -0.322 e. The third-order valence-corrected chi connectivity index (χ3v) is 3.03. The summed E-state index contributed by atoms with van der Waals surface area (Å²) in [6.07, 6.45) is 0. The molecule has 0 atom stereocenters. The van der Waals surface area contributed by atoms with Crippen molar-refractivity contribution in [1.29, 1.82) is 0 Å². The van der Waals surface area contributed by atoms with Gasteiger partial charge in [0.1, 0.15) is 0 Å². The third kappa shape index (κ3) is 2.38. The Kier molecular flexibility index (Phi) is 3.39. The molecule has 0 aliphatic rings. The lowest BCUT2D eigenvalue weighted by Crippen LogP contribution is -2.14. The Balaban J connectivity index is 2.27. The number of hydrogen-bond donors (Lipinski definition) is 2. The molecule has 1 aromatic carbocycles. The van der Waals surface area contributed by atoms with Gasteiger partial charge in [-0.15, -0.1) is 0 Å². The standard InChI is InChI=1S/C13H14ClN3O/c1-7-6-10(14)4-5-11(7)15-13(18)12-8(2)16-17-9(12)3/h4-6H,1-3H3,(H,15,18)(H,16,17). The maximum Gasteiger partial charge on any atom is 0.259 e. The van der Waals surface area contributed by atoms with E-state index in [2.05, 4.69) is 15.5 Å². The number of aromatic nitrogens is 2. The van der Waals surface area contributed by atoms with E-state index in [1.54, 1.807) is 19.1 Å². The average Bonchev–Trinajstić information content (AvgIpc) is 2.62. The molecule has 0 aliphatic heterocycles. The van der Waals surface area contributed by atoms with Gasteiger partial charge in [-0.1, -0.05) is 11.6 Å². The number of nitrogens with one attached hydrogen (secondary N) is 2. The number of anilines is 1. The Morgan fingerprint density at radius 2 is 2.06 bits per heavy atom. The second-order valence-electron chi connectivity index (χ2n) is 4.22. The Hall–Kier alpha value is -1.81. The van der Waals surface area contributed by atoms with Crippen molar-refractivity contribution < 1.29 is 4.79 Å². The van der Waals surface area contributed by atoms with Crippen LogP contribution in [0.3, 0.4) is 0 Å². The van der Waals surface area contributed by atoms with Crippen molar-refractivity contribution in [2.24, 2.45) is 0 Å². The van der Waals surface area contributed by atoms with Crippen molar-refractivity contribution in [3.8, 4) is 0 Å². The summed E-state index contributed by atoms with van der Waals surface area (Å²) in [7, 11) is 0. The van der Waals surface area contributed by atoms with E-state index in [4.69, 9.17) is 11.6 Å². The molecule has 2 N–H and O–H groups in total. The molecule has 0 saturated carbocycles. The zero-order valence-electron chi connectivity index (χ0n) is 10.5. The van der Waals surface area contributed by atoms with Crippen LogP contribution in [0.1, 0.15) is 27.3 Å². The molecule has 0 spiro atoms. The first-order chi connectivity index (χ1) is 8.49. The van der Waals surface area contributed by atoms with E-state index in [9.17, 15) is 4.79 Å². The molecular formula is C13H14ClN3O. The van der Waals surface area contributed by atoms with E-state index in [0.717, 1.165) is 16.9 Å². The van der Waals surface area contributed by atoms with Gasteiger partial charge >= 0.3 is 0 Å². The van der Waals surface area contributed by atoms with Gasteiger partial charge in [-0.2, -0.15) is 5.10 Å². The van der Waals surface area contributed by atoms with Gasteiger partial charge in [0.2, 0.25) is 0 Å². The fraction of sp³-hybridized carbons (Fsp3) is 0.231. The highest BCUT2D eigenvalue weighted by molar-refractivity contribution is 6.30. The Morgan fingerprint density at radius 1 is 1.33 bits per heavy atom. The summed E-state index contributed by atoms with van der Waals surface area (Å²) in [5.41, 5.74) is 3.72. The van der Waals surface area contributed by atoms with E-state index in [1.807, 2.05) is 19.9 Å². The van der Waals surface area contributed by atoms with E-state index >= 15 is 0 Å². The van der Waals surface area contributed by atoms with Crippen LogP contribution in [0, 0.1) is 20.8 Å². The third-order valence-electron chi connectivity index (χ3n) is 2.79. The molecule has 0 bridgehead atoms. The number of rotatable bonds is 2.